The van der Waals surface area contributed by atoms with Gasteiger partial charge in [-0.05, 0) is 48.7 Å². The summed E-state index contributed by atoms with van der Waals surface area (Å²) in [5.74, 6) is 0.707. The van der Waals surface area contributed by atoms with Crippen LogP contribution >= 0.6 is 11.6 Å². The second-order valence-electron chi connectivity index (χ2n) is 6.71. The summed E-state index contributed by atoms with van der Waals surface area (Å²) in [5.41, 5.74) is 2.12. The Bertz CT molecular complexity index is 835. The molecule has 0 N–H and O–H groups in total. The van der Waals surface area contributed by atoms with Crippen LogP contribution in [0.3, 0.4) is 0 Å². The van der Waals surface area contributed by atoms with Crippen LogP contribution in [0.4, 0.5) is 4.39 Å². The minimum absolute atomic E-state index is 0.0693. The van der Waals surface area contributed by atoms with E-state index in [-0.39, 0.29) is 24.1 Å². The molecule has 3 nitrogen and oxygen atoms in total. The van der Waals surface area contributed by atoms with Gasteiger partial charge in [0.15, 0.2) is 5.78 Å². The number of Topliss-reactive ketones (excluding diaryl/α,β-unsaturated/α-hetero) is 1. The quantitative estimate of drug-likeness (QED) is 0.730. The maximum absolute atomic E-state index is 13.8. The maximum atomic E-state index is 13.8. The predicted octanol–water partition coefficient (Wildman–Crippen LogP) is 4.69. The number of hydrogen-bond donors (Lipinski definition) is 0. The fourth-order valence-electron chi connectivity index (χ4n) is 3.55. The van der Waals surface area contributed by atoms with Gasteiger partial charge in [0.05, 0.1) is 10.7 Å². The first-order valence-electron chi connectivity index (χ1n) is 8.78. The van der Waals surface area contributed by atoms with Crippen molar-refractivity contribution in [3.8, 4) is 5.75 Å². The van der Waals surface area contributed by atoms with Gasteiger partial charge >= 0.3 is 0 Å². The van der Waals surface area contributed by atoms with Gasteiger partial charge in [0.2, 0.25) is 0 Å². The van der Waals surface area contributed by atoms with Gasteiger partial charge in [-0.3, -0.25) is 4.79 Å². The Morgan fingerprint density at radius 3 is 2.54 bits per heavy atom. The number of carbonyl (C=O) groups is 1. The molecular weight excluding hydrogens is 353 g/mol. The van der Waals surface area contributed by atoms with Crippen molar-refractivity contribution in [1.82, 2.24) is 4.90 Å². The molecule has 3 saturated heterocycles. The monoisotopic (exact) mass is 371 g/mol. The van der Waals surface area contributed by atoms with E-state index in [1.807, 2.05) is 30.3 Å². The largest absolute Gasteiger partial charge is 0.489 e. The number of piperidine rings is 3. The highest BCUT2D eigenvalue weighted by Gasteiger charge is 2.36. The summed E-state index contributed by atoms with van der Waals surface area (Å²) in [6.45, 7) is 2.00. The number of rotatable bonds is 4. The van der Waals surface area contributed by atoms with Gasteiger partial charge in [-0.1, -0.05) is 29.8 Å². The number of fused-ring (bicyclic) bond motifs is 3. The third-order valence-electron chi connectivity index (χ3n) is 5.09. The number of halogens is 2. The van der Waals surface area contributed by atoms with E-state index in [2.05, 4.69) is 4.90 Å². The van der Waals surface area contributed by atoms with Crippen LogP contribution in [0.15, 0.2) is 48.2 Å². The minimum Gasteiger partial charge on any atom is -0.489 e. The Hall–Kier alpha value is -2.33. The second kappa shape index (κ2) is 7.12. The molecule has 0 atom stereocenters. The van der Waals surface area contributed by atoms with E-state index < -0.39 is 0 Å². The van der Waals surface area contributed by atoms with Crippen LogP contribution in [0.5, 0.6) is 5.75 Å². The summed E-state index contributed by atoms with van der Waals surface area (Å²) >= 11 is 6.01. The number of benzene rings is 2. The van der Waals surface area contributed by atoms with Gasteiger partial charge < -0.3 is 9.64 Å². The summed E-state index contributed by atoms with van der Waals surface area (Å²) in [4.78, 5) is 14.6. The lowest BCUT2D eigenvalue weighted by atomic mass is 9.84. The lowest BCUT2D eigenvalue weighted by Gasteiger charge is -2.41. The SMILES string of the molecule is O=C1C(=Cc2ccc(OCc3c(F)cccc3Cl)cc2)N2CCC1CC2. The first-order chi connectivity index (χ1) is 12.6. The van der Waals surface area contributed by atoms with Gasteiger partial charge in [0, 0.05) is 24.6 Å². The smallest absolute Gasteiger partial charge is 0.182 e. The highest BCUT2D eigenvalue weighted by molar-refractivity contribution is 6.31. The first-order valence-corrected chi connectivity index (χ1v) is 9.16. The number of ether oxygens (including phenoxy) is 1. The zero-order valence-electron chi connectivity index (χ0n) is 14.3. The molecule has 3 aliphatic heterocycles. The van der Waals surface area contributed by atoms with Crippen LogP contribution in [0.2, 0.25) is 5.02 Å². The molecule has 2 aromatic carbocycles. The molecule has 0 aliphatic carbocycles. The number of allylic oxidation sites excluding steroid dienone is 1. The van der Waals surface area contributed by atoms with Crippen molar-refractivity contribution < 1.29 is 13.9 Å². The van der Waals surface area contributed by atoms with Crippen LogP contribution in [-0.4, -0.2) is 23.8 Å². The number of nitrogens with zero attached hydrogens (tertiary/aromatic N) is 1. The zero-order chi connectivity index (χ0) is 18.1. The van der Waals surface area contributed by atoms with Crippen LogP contribution in [0, 0.1) is 11.7 Å². The molecule has 0 amide bonds. The summed E-state index contributed by atoms with van der Waals surface area (Å²) in [5, 5.41) is 0.353. The van der Waals surface area contributed by atoms with Crippen molar-refractivity contribution in [3.05, 3.63) is 70.1 Å². The summed E-state index contributed by atoms with van der Waals surface area (Å²) < 4.78 is 19.4. The van der Waals surface area contributed by atoms with Crippen molar-refractivity contribution in [2.45, 2.75) is 19.4 Å². The fourth-order valence-corrected chi connectivity index (χ4v) is 3.77. The van der Waals surface area contributed by atoms with Crippen LogP contribution in [0.25, 0.3) is 6.08 Å². The Balaban J connectivity index is 1.46. The minimum atomic E-state index is -0.376. The average Bonchev–Trinajstić information content (AvgIpc) is 2.66. The molecule has 0 aromatic heterocycles. The third kappa shape index (κ3) is 3.34. The molecule has 0 saturated carbocycles. The number of carbonyl (C=O) groups excluding carboxylic acids is 1. The lowest BCUT2D eigenvalue weighted by Crippen LogP contribution is -2.45. The van der Waals surface area contributed by atoms with E-state index in [4.69, 9.17) is 16.3 Å². The molecule has 26 heavy (non-hydrogen) atoms. The van der Waals surface area contributed by atoms with Gasteiger partial charge in [0.1, 0.15) is 18.2 Å². The van der Waals surface area contributed by atoms with Crippen LogP contribution in [-0.2, 0) is 11.4 Å². The molecule has 3 fully saturated rings. The van der Waals surface area contributed by atoms with Gasteiger partial charge in [-0.15, -0.1) is 0 Å². The Labute approximate surface area is 157 Å². The first kappa shape index (κ1) is 17.1. The normalized spacial score (nSPS) is 18.6. The Kier molecular flexibility index (Phi) is 4.68. The average molecular weight is 372 g/mol. The Morgan fingerprint density at radius 2 is 1.88 bits per heavy atom. The van der Waals surface area contributed by atoms with Crippen molar-refractivity contribution in [2.75, 3.05) is 13.1 Å². The number of hydrogen-bond acceptors (Lipinski definition) is 3. The maximum Gasteiger partial charge on any atom is 0.182 e. The van der Waals surface area contributed by atoms with Gasteiger partial charge in [-0.25, -0.2) is 4.39 Å². The third-order valence-corrected chi connectivity index (χ3v) is 5.44. The van der Waals surface area contributed by atoms with Crippen LogP contribution in [0.1, 0.15) is 24.0 Å². The van der Waals surface area contributed by atoms with Gasteiger partial charge in [0.25, 0.3) is 0 Å². The van der Waals surface area contributed by atoms with E-state index in [1.165, 1.54) is 6.07 Å². The standard InChI is InChI=1S/C21H19ClFNO2/c22-18-2-1-3-19(23)17(18)13-26-16-6-4-14(5-7-16)12-20-21(25)15-8-10-24(20)11-9-15/h1-7,12,15H,8-11,13H2. The zero-order valence-corrected chi connectivity index (χ0v) is 15.0. The molecular formula is C21H19ClFNO2. The van der Waals surface area contributed by atoms with Crippen molar-refractivity contribution in [1.29, 1.82) is 0 Å². The van der Waals surface area contributed by atoms with Gasteiger partial charge in [-0.2, -0.15) is 0 Å². The van der Waals surface area contributed by atoms with E-state index in [0.29, 0.717) is 16.3 Å². The molecule has 0 spiro atoms. The van der Waals surface area contributed by atoms with Crippen molar-refractivity contribution in [2.24, 2.45) is 5.92 Å². The Morgan fingerprint density at radius 1 is 1.15 bits per heavy atom. The lowest BCUT2D eigenvalue weighted by molar-refractivity contribution is -0.125. The van der Waals surface area contributed by atoms with Crippen LogP contribution < -0.4 is 4.74 Å². The molecule has 0 unspecified atom stereocenters. The molecule has 0 radical (unpaired) electrons. The topological polar surface area (TPSA) is 29.5 Å². The molecule has 3 heterocycles. The fraction of sp³-hybridized carbons (Fsp3) is 0.286. The van der Waals surface area contributed by atoms with Crippen molar-refractivity contribution in [3.63, 3.8) is 0 Å². The highest BCUT2D eigenvalue weighted by Crippen LogP contribution is 2.32. The van der Waals surface area contributed by atoms with E-state index in [0.717, 1.165) is 37.2 Å². The van der Waals surface area contributed by atoms with E-state index in [9.17, 15) is 9.18 Å². The molecule has 2 aromatic rings. The summed E-state index contributed by atoms with van der Waals surface area (Å²) in [6, 6.07) is 12.0. The van der Waals surface area contributed by atoms with Crippen molar-refractivity contribution >= 4 is 23.5 Å². The molecule has 134 valence electrons. The summed E-state index contributed by atoms with van der Waals surface area (Å²) in [7, 11) is 0. The summed E-state index contributed by atoms with van der Waals surface area (Å²) in [6.07, 6.45) is 3.90. The molecule has 5 rings (SSSR count). The second-order valence-corrected chi connectivity index (χ2v) is 7.12. The highest BCUT2D eigenvalue weighted by atomic mass is 35.5. The van der Waals surface area contributed by atoms with E-state index >= 15 is 0 Å². The predicted molar refractivity (Wildman–Crippen MR) is 99.5 cm³/mol. The molecule has 2 bridgehead atoms. The van der Waals surface area contributed by atoms with E-state index in [1.54, 1.807) is 12.1 Å². The number of ketones is 1. The molecule has 5 heteroatoms. The molecule has 3 aliphatic rings.